The smallest absolute Gasteiger partial charge is 0.0821 e. The lowest BCUT2D eigenvalue weighted by Crippen LogP contribution is -2.33. The van der Waals surface area contributed by atoms with Crippen molar-refractivity contribution in [2.75, 3.05) is 0 Å². The lowest BCUT2D eigenvalue weighted by Gasteiger charge is -2.21. The molecule has 1 aromatic rings. The SMILES string of the molecule is CC(NC1CC1)C(C)c1c(Cl)cnn1C. The second kappa shape index (κ2) is 4.14. The van der Waals surface area contributed by atoms with Crippen LogP contribution < -0.4 is 5.32 Å². The first-order valence-electron chi connectivity index (χ1n) is 5.53. The highest BCUT2D eigenvalue weighted by Crippen LogP contribution is 2.28. The van der Waals surface area contributed by atoms with Gasteiger partial charge in [0.05, 0.1) is 16.9 Å². The van der Waals surface area contributed by atoms with Crippen molar-refractivity contribution in [3.8, 4) is 0 Å². The maximum absolute atomic E-state index is 6.13. The molecule has 2 rings (SSSR count). The number of hydrogen-bond acceptors (Lipinski definition) is 2. The summed E-state index contributed by atoms with van der Waals surface area (Å²) in [6, 6.07) is 1.18. The molecule has 0 aromatic carbocycles. The molecular weight excluding hydrogens is 210 g/mol. The van der Waals surface area contributed by atoms with Crippen molar-refractivity contribution in [2.24, 2.45) is 7.05 Å². The van der Waals surface area contributed by atoms with E-state index in [0.29, 0.717) is 12.0 Å². The first kappa shape index (κ1) is 11.0. The Morgan fingerprint density at radius 1 is 1.53 bits per heavy atom. The Morgan fingerprint density at radius 3 is 2.67 bits per heavy atom. The van der Waals surface area contributed by atoms with E-state index in [-0.39, 0.29) is 0 Å². The van der Waals surface area contributed by atoms with Gasteiger partial charge >= 0.3 is 0 Å². The standard InChI is InChI=1S/C11H18ClN3/c1-7(8(2)14-9-4-5-9)11-10(12)6-13-15(11)3/h6-9,14H,4-5H2,1-3H3. The summed E-state index contributed by atoms with van der Waals surface area (Å²) in [6.07, 6.45) is 4.35. The normalized spacial score (nSPS) is 20.3. The monoisotopic (exact) mass is 227 g/mol. The highest BCUT2D eigenvalue weighted by molar-refractivity contribution is 6.31. The van der Waals surface area contributed by atoms with Crippen LogP contribution in [0.15, 0.2) is 6.20 Å². The van der Waals surface area contributed by atoms with E-state index >= 15 is 0 Å². The van der Waals surface area contributed by atoms with E-state index in [0.717, 1.165) is 16.8 Å². The maximum atomic E-state index is 6.13. The molecule has 0 amide bonds. The van der Waals surface area contributed by atoms with Gasteiger partial charge in [0.25, 0.3) is 0 Å². The average Bonchev–Trinajstić information content (AvgIpc) is 2.93. The number of halogens is 1. The number of rotatable bonds is 4. The van der Waals surface area contributed by atoms with Gasteiger partial charge in [-0.1, -0.05) is 18.5 Å². The zero-order valence-electron chi connectivity index (χ0n) is 9.50. The van der Waals surface area contributed by atoms with Crippen molar-refractivity contribution in [3.63, 3.8) is 0 Å². The third kappa shape index (κ3) is 2.34. The lowest BCUT2D eigenvalue weighted by atomic mass is 9.99. The number of aromatic nitrogens is 2. The Balaban J connectivity index is 2.08. The van der Waals surface area contributed by atoms with E-state index in [1.807, 2.05) is 11.7 Å². The Hall–Kier alpha value is -0.540. The van der Waals surface area contributed by atoms with Gasteiger partial charge in [-0.3, -0.25) is 4.68 Å². The topological polar surface area (TPSA) is 29.9 Å². The minimum atomic E-state index is 0.394. The van der Waals surface area contributed by atoms with Gasteiger partial charge in [-0.25, -0.2) is 0 Å². The van der Waals surface area contributed by atoms with Crippen LogP contribution in [0.2, 0.25) is 5.02 Å². The number of aryl methyl sites for hydroxylation is 1. The molecule has 1 N–H and O–H groups in total. The summed E-state index contributed by atoms with van der Waals surface area (Å²) in [5.41, 5.74) is 1.12. The molecule has 0 bridgehead atoms. The van der Waals surface area contributed by atoms with E-state index in [2.05, 4.69) is 24.3 Å². The molecule has 1 aliphatic carbocycles. The van der Waals surface area contributed by atoms with Crippen molar-refractivity contribution >= 4 is 11.6 Å². The molecule has 0 saturated heterocycles. The van der Waals surface area contributed by atoms with Gasteiger partial charge in [-0.05, 0) is 19.8 Å². The molecule has 1 aliphatic rings. The minimum Gasteiger partial charge on any atom is -0.311 e. The van der Waals surface area contributed by atoms with Crippen LogP contribution in [0.4, 0.5) is 0 Å². The van der Waals surface area contributed by atoms with E-state index in [1.54, 1.807) is 6.20 Å². The predicted octanol–water partition coefficient (Wildman–Crippen LogP) is 2.32. The van der Waals surface area contributed by atoms with Crippen LogP contribution in [0.5, 0.6) is 0 Å². The van der Waals surface area contributed by atoms with Crippen LogP contribution in [-0.2, 0) is 7.05 Å². The predicted molar refractivity (Wildman–Crippen MR) is 62.3 cm³/mol. The summed E-state index contributed by atoms with van der Waals surface area (Å²) >= 11 is 6.13. The van der Waals surface area contributed by atoms with Crippen molar-refractivity contribution < 1.29 is 0 Å². The average molecular weight is 228 g/mol. The fourth-order valence-electron chi connectivity index (χ4n) is 1.94. The molecule has 2 unspecified atom stereocenters. The maximum Gasteiger partial charge on any atom is 0.0821 e. The second-order valence-corrected chi connectivity index (χ2v) is 4.93. The molecule has 0 radical (unpaired) electrons. The van der Waals surface area contributed by atoms with E-state index in [1.165, 1.54) is 12.8 Å². The molecule has 3 nitrogen and oxygen atoms in total. The van der Waals surface area contributed by atoms with Crippen LogP contribution in [-0.4, -0.2) is 21.9 Å². The lowest BCUT2D eigenvalue weighted by molar-refractivity contribution is 0.458. The summed E-state index contributed by atoms with van der Waals surface area (Å²) in [4.78, 5) is 0. The summed E-state index contributed by atoms with van der Waals surface area (Å²) in [5.74, 6) is 0.394. The number of nitrogens with zero attached hydrogens (tertiary/aromatic N) is 2. The van der Waals surface area contributed by atoms with Crippen molar-refractivity contribution in [3.05, 3.63) is 16.9 Å². The molecule has 15 heavy (non-hydrogen) atoms. The van der Waals surface area contributed by atoms with Crippen molar-refractivity contribution in [2.45, 2.75) is 44.7 Å². The molecule has 0 spiro atoms. The van der Waals surface area contributed by atoms with Gasteiger partial charge in [0.15, 0.2) is 0 Å². The number of hydrogen-bond donors (Lipinski definition) is 1. The summed E-state index contributed by atoms with van der Waals surface area (Å²) < 4.78 is 1.87. The van der Waals surface area contributed by atoms with Gasteiger partial charge < -0.3 is 5.32 Å². The Kier molecular flexibility index (Phi) is 3.03. The Bertz CT molecular complexity index is 324. The molecule has 0 aliphatic heterocycles. The first-order valence-corrected chi connectivity index (χ1v) is 5.91. The fraction of sp³-hybridized carbons (Fsp3) is 0.727. The third-order valence-electron chi connectivity index (χ3n) is 3.19. The minimum absolute atomic E-state index is 0.394. The summed E-state index contributed by atoms with van der Waals surface area (Å²) in [5, 5.41) is 8.54. The van der Waals surface area contributed by atoms with E-state index < -0.39 is 0 Å². The molecule has 4 heteroatoms. The van der Waals surface area contributed by atoms with Crippen molar-refractivity contribution in [1.82, 2.24) is 15.1 Å². The Labute approximate surface area is 95.8 Å². The van der Waals surface area contributed by atoms with Crippen LogP contribution in [0, 0.1) is 0 Å². The largest absolute Gasteiger partial charge is 0.311 e. The summed E-state index contributed by atoms with van der Waals surface area (Å²) in [7, 11) is 1.95. The van der Waals surface area contributed by atoms with Gasteiger partial charge in [0.1, 0.15) is 0 Å². The van der Waals surface area contributed by atoms with E-state index in [4.69, 9.17) is 11.6 Å². The molecule has 1 heterocycles. The summed E-state index contributed by atoms with van der Waals surface area (Å²) in [6.45, 7) is 4.41. The van der Waals surface area contributed by atoms with Gasteiger partial charge in [0.2, 0.25) is 0 Å². The van der Waals surface area contributed by atoms with Crippen LogP contribution in [0.1, 0.15) is 38.3 Å². The third-order valence-corrected chi connectivity index (χ3v) is 3.49. The quantitative estimate of drug-likeness (QED) is 0.856. The van der Waals surface area contributed by atoms with Crippen LogP contribution >= 0.6 is 11.6 Å². The molecule has 1 saturated carbocycles. The highest BCUT2D eigenvalue weighted by Gasteiger charge is 2.27. The zero-order chi connectivity index (χ0) is 11.0. The zero-order valence-corrected chi connectivity index (χ0v) is 10.3. The first-order chi connectivity index (χ1) is 7.09. The van der Waals surface area contributed by atoms with Crippen LogP contribution in [0.25, 0.3) is 0 Å². The van der Waals surface area contributed by atoms with Gasteiger partial charge in [-0.15, -0.1) is 0 Å². The molecule has 1 aromatic heterocycles. The number of nitrogens with one attached hydrogen (secondary N) is 1. The van der Waals surface area contributed by atoms with Gasteiger partial charge in [0, 0.05) is 25.0 Å². The highest BCUT2D eigenvalue weighted by atomic mass is 35.5. The van der Waals surface area contributed by atoms with Crippen molar-refractivity contribution in [1.29, 1.82) is 0 Å². The molecule has 1 fully saturated rings. The molecular formula is C11H18ClN3. The van der Waals surface area contributed by atoms with E-state index in [9.17, 15) is 0 Å². The van der Waals surface area contributed by atoms with Gasteiger partial charge in [-0.2, -0.15) is 5.10 Å². The van der Waals surface area contributed by atoms with Crippen LogP contribution in [0.3, 0.4) is 0 Å². The molecule has 2 atom stereocenters. The molecule has 84 valence electrons. The fourth-order valence-corrected chi connectivity index (χ4v) is 2.27. The Morgan fingerprint density at radius 2 is 2.20 bits per heavy atom. The second-order valence-electron chi connectivity index (χ2n) is 4.52.